The first-order valence-electron chi connectivity index (χ1n) is 8.80. The molecule has 0 saturated heterocycles. The number of benzene rings is 2. The molecule has 5 nitrogen and oxygen atoms in total. The van der Waals surface area contributed by atoms with Gasteiger partial charge in [0.1, 0.15) is 10.8 Å². The SMILES string of the molecule is CCc1c(C(=O)Nc2cccc(-c3nccs3)c2)cnn1-c1ccc(F)cc1. The van der Waals surface area contributed by atoms with E-state index < -0.39 is 0 Å². The maximum Gasteiger partial charge on any atom is 0.259 e. The number of rotatable bonds is 5. The fourth-order valence-electron chi connectivity index (χ4n) is 3.00. The van der Waals surface area contributed by atoms with Crippen molar-refractivity contribution >= 4 is 22.9 Å². The second-order valence-electron chi connectivity index (χ2n) is 6.12. The van der Waals surface area contributed by atoms with E-state index in [-0.39, 0.29) is 11.7 Å². The lowest BCUT2D eigenvalue weighted by atomic mass is 10.1. The maximum atomic E-state index is 13.2. The molecule has 4 rings (SSSR count). The number of carbonyl (C=O) groups is 1. The zero-order chi connectivity index (χ0) is 19.5. The topological polar surface area (TPSA) is 59.8 Å². The number of hydrogen-bond acceptors (Lipinski definition) is 4. The normalized spacial score (nSPS) is 10.8. The van der Waals surface area contributed by atoms with E-state index in [2.05, 4.69) is 15.4 Å². The van der Waals surface area contributed by atoms with Gasteiger partial charge in [-0.15, -0.1) is 11.3 Å². The third-order valence-electron chi connectivity index (χ3n) is 4.32. The Kier molecular flexibility index (Phi) is 4.99. The van der Waals surface area contributed by atoms with E-state index in [1.807, 2.05) is 36.6 Å². The predicted octanol–water partition coefficient (Wildman–Crippen LogP) is 4.95. The summed E-state index contributed by atoms with van der Waals surface area (Å²) >= 11 is 1.54. The van der Waals surface area contributed by atoms with Gasteiger partial charge in [-0.2, -0.15) is 5.10 Å². The average Bonchev–Trinajstić information content (AvgIpc) is 3.38. The Labute approximate surface area is 165 Å². The molecule has 0 bridgehead atoms. The third kappa shape index (κ3) is 3.57. The van der Waals surface area contributed by atoms with Crippen molar-refractivity contribution in [3.63, 3.8) is 0 Å². The van der Waals surface area contributed by atoms with E-state index in [0.29, 0.717) is 23.4 Å². The zero-order valence-electron chi connectivity index (χ0n) is 15.1. The van der Waals surface area contributed by atoms with Crippen LogP contribution in [0.15, 0.2) is 66.3 Å². The van der Waals surface area contributed by atoms with E-state index in [1.165, 1.54) is 12.1 Å². The summed E-state index contributed by atoms with van der Waals surface area (Å²) in [5.74, 6) is -0.548. The zero-order valence-corrected chi connectivity index (χ0v) is 15.9. The standard InChI is InChI=1S/C21H17FN4OS/c1-2-19-18(13-24-26(19)17-8-6-15(22)7-9-17)20(27)25-16-5-3-4-14(12-16)21-23-10-11-28-21/h3-13H,2H2,1H3,(H,25,27). The highest BCUT2D eigenvalue weighted by Crippen LogP contribution is 2.25. The molecule has 2 aromatic carbocycles. The van der Waals surface area contributed by atoms with Gasteiger partial charge in [0.2, 0.25) is 0 Å². The van der Waals surface area contributed by atoms with Crippen molar-refractivity contribution in [3.05, 3.63) is 83.4 Å². The van der Waals surface area contributed by atoms with Crippen molar-refractivity contribution in [1.82, 2.24) is 14.8 Å². The molecule has 2 aromatic heterocycles. The molecular weight excluding hydrogens is 375 g/mol. The van der Waals surface area contributed by atoms with E-state index in [4.69, 9.17) is 0 Å². The molecule has 1 N–H and O–H groups in total. The molecule has 140 valence electrons. The molecule has 0 atom stereocenters. The molecule has 0 fully saturated rings. The minimum Gasteiger partial charge on any atom is -0.322 e. The van der Waals surface area contributed by atoms with Crippen molar-refractivity contribution in [3.8, 4) is 16.3 Å². The number of nitrogens with one attached hydrogen (secondary N) is 1. The lowest BCUT2D eigenvalue weighted by Crippen LogP contribution is -2.14. The first kappa shape index (κ1) is 18.1. The minimum absolute atomic E-state index is 0.235. The number of nitrogens with zero attached hydrogens (tertiary/aromatic N) is 3. The van der Waals surface area contributed by atoms with Crippen LogP contribution in [-0.2, 0) is 6.42 Å². The van der Waals surface area contributed by atoms with E-state index in [0.717, 1.165) is 16.3 Å². The van der Waals surface area contributed by atoms with Crippen LogP contribution in [0.4, 0.5) is 10.1 Å². The summed E-state index contributed by atoms with van der Waals surface area (Å²) in [6, 6.07) is 13.6. The van der Waals surface area contributed by atoms with Gasteiger partial charge in [-0.1, -0.05) is 19.1 Å². The number of carbonyl (C=O) groups excluding carboxylic acids is 1. The first-order chi connectivity index (χ1) is 13.7. The Morgan fingerprint density at radius 1 is 1.21 bits per heavy atom. The van der Waals surface area contributed by atoms with Gasteiger partial charge in [-0.25, -0.2) is 14.1 Å². The second kappa shape index (κ2) is 7.74. The van der Waals surface area contributed by atoms with E-state index in [1.54, 1.807) is 40.5 Å². The van der Waals surface area contributed by atoms with Crippen LogP contribution in [-0.4, -0.2) is 20.7 Å². The Bertz CT molecular complexity index is 1100. The van der Waals surface area contributed by atoms with E-state index >= 15 is 0 Å². The maximum absolute atomic E-state index is 13.2. The molecule has 0 spiro atoms. The van der Waals surface area contributed by atoms with Gasteiger partial charge in [-0.05, 0) is 42.8 Å². The summed E-state index contributed by atoms with van der Waals surface area (Å²) in [5.41, 5.74) is 3.61. The Hall–Kier alpha value is -3.32. The molecule has 0 aliphatic carbocycles. The average molecular weight is 392 g/mol. The summed E-state index contributed by atoms with van der Waals surface area (Å²) in [7, 11) is 0. The Balaban J connectivity index is 1.61. The highest BCUT2D eigenvalue weighted by Gasteiger charge is 2.17. The van der Waals surface area contributed by atoms with Gasteiger partial charge in [0, 0.05) is 22.8 Å². The highest BCUT2D eigenvalue weighted by atomic mass is 32.1. The van der Waals surface area contributed by atoms with Gasteiger partial charge < -0.3 is 5.32 Å². The molecule has 7 heteroatoms. The fourth-order valence-corrected chi connectivity index (χ4v) is 3.64. The van der Waals surface area contributed by atoms with Crippen LogP contribution in [0.2, 0.25) is 0 Å². The molecule has 0 saturated carbocycles. The molecule has 0 radical (unpaired) electrons. The number of amides is 1. The predicted molar refractivity (Wildman–Crippen MR) is 108 cm³/mol. The number of hydrogen-bond donors (Lipinski definition) is 1. The van der Waals surface area contributed by atoms with Gasteiger partial charge >= 0.3 is 0 Å². The lowest BCUT2D eigenvalue weighted by Gasteiger charge is -2.09. The van der Waals surface area contributed by atoms with Crippen LogP contribution in [0.1, 0.15) is 23.0 Å². The Morgan fingerprint density at radius 3 is 2.75 bits per heavy atom. The minimum atomic E-state index is -0.313. The lowest BCUT2D eigenvalue weighted by molar-refractivity contribution is 0.102. The quantitative estimate of drug-likeness (QED) is 0.523. The van der Waals surface area contributed by atoms with Gasteiger partial charge in [0.25, 0.3) is 5.91 Å². The van der Waals surface area contributed by atoms with Crippen molar-refractivity contribution in [1.29, 1.82) is 0 Å². The number of halogens is 1. The second-order valence-corrected chi connectivity index (χ2v) is 7.01. The largest absolute Gasteiger partial charge is 0.322 e. The molecule has 2 heterocycles. The molecule has 1 amide bonds. The Morgan fingerprint density at radius 2 is 2.04 bits per heavy atom. The summed E-state index contributed by atoms with van der Waals surface area (Å²) < 4.78 is 14.9. The van der Waals surface area contributed by atoms with Crippen molar-refractivity contribution in [2.45, 2.75) is 13.3 Å². The molecule has 28 heavy (non-hydrogen) atoms. The third-order valence-corrected chi connectivity index (χ3v) is 5.14. The van der Waals surface area contributed by atoms with Crippen LogP contribution >= 0.6 is 11.3 Å². The van der Waals surface area contributed by atoms with Gasteiger partial charge in [0.05, 0.1) is 23.1 Å². The molecule has 0 aliphatic rings. The number of anilines is 1. The van der Waals surface area contributed by atoms with Gasteiger partial charge in [-0.3, -0.25) is 4.79 Å². The smallest absolute Gasteiger partial charge is 0.259 e. The van der Waals surface area contributed by atoms with Crippen molar-refractivity contribution in [2.75, 3.05) is 5.32 Å². The number of thiazole rings is 1. The van der Waals surface area contributed by atoms with E-state index in [9.17, 15) is 9.18 Å². The fraction of sp³-hybridized carbons (Fsp3) is 0.0952. The first-order valence-corrected chi connectivity index (χ1v) is 9.68. The molecular formula is C21H17FN4OS. The molecule has 0 aliphatic heterocycles. The van der Waals surface area contributed by atoms with Crippen molar-refractivity contribution < 1.29 is 9.18 Å². The molecule has 0 unspecified atom stereocenters. The highest BCUT2D eigenvalue weighted by molar-refractivity contribution is 7.13. The van der Waals surface area contributed by atoms with Crippen molar-refractivity contribution in [2.24, 2.45) is 0 Å². The van der Waals surface area contributed by atoms with Crippen LogP contribution in [0.5, 0.6) is 0 Å². The summed E-state index contributed by atoms with van der Waals surface area (Å²) in [6.45, 7) is 1.96. The van der Waals surface area contributed by atoms with Crippen LogP contribution in [0, 0.1) is 5.82 Å². The molecule has 4 aromatic rings. The number of aromatic nitrogens is 3. The summed E-state index contributed by atoms with van der Waals surface area (Å²) in [5, 5.41) is 10.1. The summed E-state index contributed by atoms with van der Waals surface area (Å²) in [4.78, 5) is 17.2. The monoisotopic (exact) mass is 392 g/mol. The van der Waals surface area contributed by atoms with Crippen LogP contribution < -0.4 is 5.32 Å². The van der Waals surface area contributed by atoms with Gasteiger partial charge in [0.15, 0.2) is 0 Å². The van der Waals surface area contributed by atoms with Crippen LogP contribution in [0.3, 0.4) is 0 Å². The summed E-state index contributed by atoms with van der Waals surface area (Å²) in [6.07, 6.45) is 3.91. The van der Waals surface area contributed by atoms with Crippen LogP contribution in [0.25, 0.3) is 16.3 Å².